The van der Waals surface area contributed by atoms with Gasteiger partial charge < -0.3 is 5.11 Å². The lowest BCUT2D eigenvalue weighted by Crippen LogP contribution is -2.50. The molecule has 0 aromatic carbocycles. The van der Waals surface area contributed by atoms with Gasteiger partial charge in [0.25, 0.3) is 0 Å². The van der Waals surface area contributed by atoms with Crippen LogP contribution in [0.1, 0.15) is 46.0 Å². The van der Waals surface area contributed by atoms with E-state index in [4.69, 9.17) is 0 Å². The number of rotatable bonds is 3. The molecule has 0 radical (unpaired) electrons. The first-order valence-electron chi connectivity index (χ1n) is 6.12. The molecule has 0 aromatic rings. The molecule has 2 atom stereocenters. The van der Waals surface area contributed by atoms with Crippen LogP contribution in [0.15, 0.2) is 0 Å². The molecular formula is C12H23NO. The van der Waals surface area contributed by atoms with Crippen LogP contribution in [0.3, 0.4) is 0 Å². The van der Waals surface area contributed by atoms with Gasteiger partial charge in [0, 0.05) is 12.6 Å². The van der Waals surface area contributed by atoms with E-state index < -0.39 is 0 Å². The Bertz CT molecular complexity index is 200. The van der Waals surface area contributed by atoms with Gasteiger partial charge in [-0.3, -0.25) is 4.90 Å². The molecule has 0 amide bonds. The highest BCUT2D eigenvalue weighted by molar-refractivity contribution is 5.05. The van der Waals surface area contributed by atoms with Crippen molar-refractivity contribution >= 4 is 0 Å². The average molecular weight is 197 g/mol. The van der Waals surface area contributed by atoms with E-state index in [0.29, 0.717) is 6.04 Å². The van der Waals surface area contributed by atoms with E-state index in [0.717, 1.165) is 25.3 Å². The summed E-state index contributed by atoms with van der Waals surface area (Å²) in [5.41, 5.74) is -0.296. The molecule has 0 spiro atoms. The van der Waals surface area contributed by atoms with E-state index in [1.807, 2.05) is 0 Å². The molecule has 0 aromatic heterocycles. The molecule has 1 saturated carbocycles. The summed E-state index contributed by atoms with van der Waals surface area (Å²) in [6.45, 7) is 6.92. The summed E-state index contributed by atoms with van der Waals surface area (Å²) < 4.78 is 0. The van der Waals surface area contributed by atoms with Crippen molar-refractivity contribution in [3.8, 4) is 0 Å². The zero-order valence-corrected chi connectivity index (χ0v) is 9.50. The Balaban J connectivity index is 1.99. The Hall–Kier alpha value is -0.0800. The van der Waals surface area contributed by atoms with Gasteiger partial charge in [-0.15, -0.1) is 0 Å². The molecule has 2 aliphatic rings. The summed E-state index contributed by atoms with van der Waals surface area (Å²) in [5.74, 6) is 0.820. The van der Waals surface area contributed by atoms with Gasteiger partial charge >= 0.3 is 0 Å². The van der Waals surface area contributed by atoms with E-state index in [9.17, 15) is 5.11 Å². The average Bonchev–Trinajstić information content (AvgIpc) is 2.85. The normalized spacial score (nSPS) is 37.1. The maximum Gasteiger partial charge on any atom is 0.0804 e. The van der Waals surface area contributed by atoms with Crippen molar-refractivity contribution in [3.05, 3.63) is 0 Å². The van der Waals surface area contributed by atoms with Crippen LogP contribution in [0.5, 0.6) is 0 Å². The van der Waals surface area contributed by atoms with Crippen molar-refractivity contribution < 1.29 is 5.11 Å². The molecule has 2 fully saturated rings. The van der Waals surface area contributed by atoms with Gasteiger partial charge in [0.1, 0.15) is 0 Å². The minimum absolute atomic E-state index is 0.296. The van der Waals surface area contributed by atoms with Crippen molar-refractivity contribution in [2.45, 2.75) is 57.6 Å². The maximum atomic E-state index is 10.2. The molecule has 2 heteroatoms. The predicted octanol–water partition coefficient (Wildman–Crippen LogP) is 2.02. The molecular weight excluding hydrogens is 174 g/mol. The van der Waals surface area contributed by atoms with Crippen molar-refractivity contribution in [1.82, 2.24) is 4.90 Å². The van der Waals surface area contributed by atoms with Crippen LogP contribution in [0, 0.1) is 5.92 Å². The van der Waals surface area contributed by atoms with Crippen molar-refractivity contribution in [3.63, 3.8) is 0 Å². The maximum absolute atomic E-state index is 10.2. The monoisotopic (exact) mass is 197 g/mol. The summed E-state index contributed by atoms with van der Waals surface area (Å²) in [4.78, 5) is 2.53. The molecule has 2 unspecified atom stereocenters. The lowest BCUT2D eigenvalue weighted by atomic mass is 9.90. The third-order valence-corrected chi connectivity index (χ3v) is 3.81. The smallest absolute Gasteiger partial charge is 0.0804 e. The lowest BCUT2D eigenvalue weighted by molar-refractivity contribution is -0.00465. The second-order valence-corrected chi connectivity index (χ2v) is 5.30. The number of likely N-dealkylation sites (tertiary alicyclic amines) is 1. The molecule has 1 aliphatic heterocycles. The van der Waals surface area contributed by atoms with E-state index in [-0.39, 0.29) is 5.60 Å². The Morgan fingerprint density at radius 2 is 2.07 bits per heavy atom. The van der Waals surface area contributed by atoms with E-state index in [2.05, 4.69) is 18.7 Å². The van der Waals surface area contributed by atoms with Crippen molar-refractivity contribution in [2.75, 3.05) is 13.1 Å². The van der Waals surface area contributed by atoms with Gasteiger partial charge in [0.2, 0.25) is 0 Å². The topological polar surface area (TPSA) is 23.5 Å². The number of hydrogen-bond acceptors (Lipinski definition) is 2. The number of aliphatic hydroxyl groups is 1. The number of piperidine rings is 1. The van der Waals surface area contributed by atoms with Crippen LogP contribution in [0.2, 0.25) is 0 Å². The third kappa shape index (κ3) is 1.96. The van der Waals surface area contributed by atoms with Gasteiger partial charge in [-0.25, -0.2) is 0 Å². The second-order valence-electron chi connectivity index (χ2n) is 5.30. The predicted molar refractivity (Wildman–Crippen MR) is 58.2 cm³/mol. The second kappa shape index (κ2) is 3.82. The molecule has 0 bridgehead atoms. The summed E-state index contributed by atoms with van der Waals surface area (Å²) in [6.07, 6.45) is 5.78. The quantitative estimate of drug-likeness (QED) is 0.748. The van der Waals surface area contributed by atoms with Gasteiger partial charge in [-0.2, -0.15) is 0 Å². The standard InChI is InChI=1S/C12H23NO/c1-3-8-13-9-10(2)4-5-11(13)12(14)6-7-12/h10-11,14H,3-9H2,1-2H3. The minimum atomic E-state index is -0.296. The summed E-state index contributed by atoms with van der Waals surface area (Å²) >= 11 is 0. The van der Waals surface area contributed by atoms with Crippen LogP contribution < -0.4 is 0 Å². The molecule has 2 nitrogen and oxygen atoms in total. The van der Waals surface area contributed by atoms with Crippen molar-refractivity contribution in [2.24, 2.45) is 5.92 Å². The number of hydrogen-bond donors (Lipinski definition) is 1. The van der Waals surface area contributed by atoms with E-state index in [1.165, 1.54) is 25.8 Å². The summed E-state index contributed by atoms with van der Waals surface area (Å²) in [7, 11) is 0. The van der Waals surface area contributed by atoms with Crippen LogP contribution in [0.4, 0.5) is 0 Å². The zero-order chi connectivity index (χ0) is 10.2. The van der Waals surface area contributed by atoms with Gasteiger partial charge in [-0.05, 0) is 44.6 Å². The number of nitrogens with zero attached hydrogens (tertiary/aromatic N) is 1. The zero-order valence-electron chi connectivity index (χ0n) is 9.50. The van der Waals surface area contributed by atoms with E-state index in [1.54, 1.807) is 0 Å². The third-order valence-electron chi connectivity index (χ3n) is 3.81. The van der Waals surface area contributed by atoms with Gasteiger partial charge in [0.05, 0.1) is 5.60 Å². The highest BCUT2D eigenvalue weighted by Gasteiger charge is 2.50. The fourth-order valence-corrected chi connectivity index (χ4v) is 2.85. The molecule has 2 rings (SSSR count). The highest BCUT2D eigenvalue weighted by Crippen LogP contribution is 2.44. The first kappa shape index (κ1) is 10.4. The lowest BCUT2D eigenvalue weighted by Gasteiger charge is -2.41. The molecule has 82 valence electrons. The molecule has 1 N–H and O–H groups in total. The van der Waals surface area contributed by atoms with E-state index >= 15 is 0 Å². The van der Waals surface area contributed by atoms with Crippen LogP contribution >= 0.6 is 0 Å². The first-order valence-corrected chi connectivity index (χ1v) is 6.12. The highest BCUT2D eigenvalue weighted by atomic mass is 16.3. The molecule has 1 heterocycles. The largest absolute Gasteiger partial charge is 0.388 e. The van der Waals surface area contributed by atoms with Crippen molar-refractivity contribution in [1.29, 1.82) is 0 Å². The Morgan fingerprint density at radius 3 is 2.64 bits per heavy atom. The molecule has 1 aliphatic carbocycles. The fraction of sp³-hybridized carbons (Fsp3) is 1.00. The van der Waals surface area contributed by atoms with Crippen LogP contribution in [-0.4, -0.2) is 34.7 Å². The van der Waals surface area contributed by atoms with Gasteiger partial charge in [-0.1, -0.05) is 13.8 Å². The Kier molecular flexibility index (Phi) is 2.85. The van der Waals surface area contributed by atoms with Gasteiger partial charge in [0.15, 0.2) is 0 Å². The van der Waals surface area contributed by atoms with Crippen LogP contribution in [-0.2, 0) is 0 Å². The first-order chi connectivity index (χ1) is 6.65. The Labute approximate surface area is 87.3 Å². The minimum Gasteiger partial charge on any atom is -0.388 e. The fourth-order valence-electron chi connectivity index (χ4n) is 2.85. The summed E-state index contributed by atoms with van der Waals surface area (Å²) in [5, 5.41) is 10.2. The van der Waals surface area contributed by atoms with Crippen LogP contribution in [0.25, 0.3) is 0 Å². The summed E-state index contributed by atoms with van der Waals surface area (Å²) in [6, 6.07) is 0.471. The Morgan fingerprint density at radius 1 is 1.36 bits per heavy atom. The molecule has 1 saturated heterocycles. The SMILES string of the molecule is CCCN1CC(C)CCC1C1(O)CC1. The molecule has 14 heavy (non-hydrogen) atoms.